The van der Waals surface area contributed by atoms with Gasteiger partial charge in [0.2, 0.25) is 11.4 Å². The van der Waals surface area contributed by atoms with Gasteiger partial charge in [-0.15, -0.1) is 0 Å². The average molecular weight is 823 g/mol. The summed E-state index contributed by atoms with van der Waals surface area (Å²) in [6.07, 6.45) is 0.675. The number of hydrogen-bond donors (Lipinski definition) is 0. The SMILES string of the molecule is [O-]c1on[n+](-c2ccc(Cc3ccc(-[n+]4noc([O-])c4CN4CCN(c5cccc(Cl)c5Cl)CC4)cc3)cc2)c1CN1CCN(c2cccc(Cl)c2Cl)CC1. The van der Waals surface area contributed by atoms with Gasteiger partial charge in [-0.25, -0.2) is 0 Å². The van der Waals surface area contributed by atoms with Gasteiger partial charge in [-0.05, 0) is 51.2 Å². The normalized spacial score (nSPS) is 15.6. The number of aromatic nitrogens is 4. The summed E-state index contributed by atoms with van der Waals surface area (Å²) in [7, 11) is 0. The molecule has 8 rings (SSSR count). The zero-order chi connectivity index (χ0) is 38.1. The van der Waals surface area contributed by atoms with E-state index in [0.29, 0.717) is 51.0 Å². The van der Waals surface area contributed by atoms with Gasteiger partial charge in [0, 0.05) is 76.6 Å². The lowest BCUT2D eigenvalue weighted by molar-refractivity contribution is -0.678. The van der Waals surface area contributed by atoms with Gasteiger partial charge in [0.15, 0.2) is 11.9 Å². The number of piperazine rings is 2. The minimum absolute atomic E-state index is 0.405. The summed E-state index contributed by atoms with van der Waals surface area (Å²) in [5.74, 6) is -0.910. The predicted molar refractivity (Wildman–Crippen MR) is 206 cm³/mol. The van der Waals surface area contributed by atoms with Gasteiger partial charge in [0.25, 0.3) is 11.4 Å². The maximum atomic E-state index is 12.7. The van der Waals surface area contributed by atoms with Crippen molar-refractivity contribution in [3.63, 3.8) is 0 Å². The first-order valence-electron chi connectivity index (χ1n) is 17.9. The van der Waals surface area contributed by atoms with Crippen LogP contribution < -0.4 is 29.4 Å². The van der Waals surface area contributed by atoms with Crippen molar-refractivity contribution in [3.05, 3.63) is 128 Å². The highest BCUT2D eigenvalue weighted by Gasteiger charge is 2.28. The van der Waals surface area contributed by atoms with E-state index in [-0.39, 0.29) is 0 Å². The Morgan fingerprint density at radius 3 is 1.29 bits per heavy atom. The second kappa shape index (κ2) is 16.3. The van der Waals surface area contributed by atoms with Gasteiger partial charge in [-0.1, -0.05) is 82.8 Å². The molecular weight excluding hydrogens is 786 g/mol. The number of benzene rings is 4. The zero-order valence-corrected chi connectivity index (χ0v) is 32.6. The quantitative estimate of drug-likeness (QED) is 0.171. The Hall–Kier alpha value is -4.56. The maximum Gasteiger partial charge on any atom is 0.254 e. The second-order valence-electron chi connectivity index (χ2n) is 13.6. The van der Waals surface area contributed by atoms with E-state index >= 15 is 0 Å². The molecule has 4 aromatic carbocycles. The van der Waals surface area contributed by atoms with E-state index in [1.165, 1.54) is 0 Å². The molecule has 0 saturated carbocycles. The van der Waals surface area contributed by atoms with Crippen LogP contribution in [-0.4, -0.2) is 72.7 Å². The highest BCUT2D eigenvalue weighted by Crippen LogP contribution is 2.34. The van der Waals surface area contributed by atoms with E-state index in [4.69, 9.17) is 55.4 Å². The van der Waals surface area contributed by atoms with Crippen molar-refractivity contribution >= 4 is 57.8 Å². The van der Waals surface area contributed by atoms with Crippen molar-refractivity contribution in [3.8, 4) is 23.3 Å². The molecule has 55 heavy (non-hydrogen) atoms. The molecule has 2 saturated heterocycles. The molecule has 0 unspecified atom stereocenters. The second-order valence-corrected chi connectivity index (χ2v) is 15.2. The molecule has 0 aliphatic carbocycles. The van der Waals surface area contributed by atoms with E-state index in [1.807, 2.05) is 72.8 Å². The molecule has 0 spiro atoms. The van der Waals surface area contributed by atoms with E-state index in [0.717, 1.165) is 86.2 Å². The number of hydrogen-bond acceptors (Lipinski definition) is 10. The van der Waals surface area contributed by atoms with Gasteiger partial charge in [0.05, 0.1) is 55.1 Å². The van der Waals surface area contributed by atoms with Crippen LogP contribution in [0.4, 0.5) is 11.4 Å². The highest BCUT2D eigenvalue weighted by molar-refractivity contribution is 6.44. The Bertz CT molecular complexity index is 2110. The molecule has 2 aliphatic rings. The third-order valence-corrected chi connectivity index (χ3v) is 11.8. The number of rotatable bonds is 10. The Kier molecular flexibility index (Phi) is 11.1. The van der Waals surface area contributed by atoms with Crippen LogP contribution in [0.25, 0.3) is 11.4 Å². The van der Waals surface area contributed by atoms with E-state index in [2.05, 4.69) is 30.1 Å². The lowest BCUT2D eigenvalue weighted by atomic mass is 10.0. The van der Waals surface area contributed by atoms with Crippen molar-refractivity contribution in [2.75, 3.05) is 62.2 Å². The molecule has 16 heteroatoms. The zero-order valence-electron chi connectivity index (χ0n) is 29.6. The molecule has 2 fully saturated rings. The van der Waals surface area contributed by atoms with Crippen LogP contribution in [0.15, 0.2) is 94.0 Å². The van der Waals surface area contributed by atoms with Crippen molar-refractivity contribution in [2.45, 2.75) is 19.5 Å². The van der Waals surface area contributed by atoms with Crippen LogP contribution >= 0.6 is 46.4 Å². The molecule has 2 aliphatic heterocycles. The Labute approximate surface area is 337 Å². The number of halogens is 4. The van der Waals surface area contributed by atoms with Crippen molar-refractivity contribution in [2.24, 2.45) is 0 Å². The fourth-order valence-electron chi connectivity index (χ4n) is 7.14. The van der Waals surface area contributed by atoms with Crippen molar-refractivity contribution in [1.82, 2.24) is 20.3 Å². The van der Waals surface area contributed by atoms with Crippen LogP contribution in [0.1, 0.15) is 22.5 Å². The Morgan fingerprint density at radius 2 is 0.909 bits per heavy atom. The highest BCUT2D eigenvalue weighted by atomic mass is 35.5. The van der Waals surface area contributed by atoms with Gasteiger partial charge < -0.3 is 29.1 Å². The minimum Gasteiger partial charge on any atom is -0.539 e. The molecule has 6 aromatic rings. The first-order chi connectivity index (χ1) is 26.7. The van der Waals surface area contributed by atoms with Crippen molar-refractivity contribution in [1.29, 1.82) is 0 Å². The average Bonchev–Trinajstić information content (AvgIpc) is 3.75. The molecule has 4 heterocycles. The monoisotopic (exact) mass is 820 g/mol. The van der Waals surface area contributed by atoms with E-state index in [9.17, 15) is 10.2 Å². The Balaban J connectivity index is 0.873. The van der Waals surface area contributed by atoms with Crippen LogP contribution in [0, 0.1) is 0 Å². The molecule has 12 nitrogen and oxygen atoms in total. The molecule has 0 amide bonds. The van der Waals surface area contributed by atoms with E-state index in [1.54, 1.807) is 21.5 Å². The molecule has 0 N–H and O–H groups in total. The van der Waals surface area contributed by atoms with Crippen LogP contribution in [0.2, 0.25) is 20.1 Å². The van der Waals surface area contributed by atoms with E-state index < -0.39 is 11.9 Å². The summed E-state index contributed by atoms with van der Waals surface area (Å²) in [5.41, 5.74) is 6.39. The standard InChI is InChI=1S/C39H36Cl4N8O4/c40-30-3-1-5-32(36(30)42)48-19-15-46(16-20-48)24-34-38(52)54-44-50(34)28-11-7-26(8-12-28)23-27-9-13-29(14-10-27)51-35(39(53)55-45-51)25-47-17-21-49(22-18-47)33-6-2-4-31(41)37(33)43/h1-14H,15-25H2. The molecule has 2 aromatic heterocycles. The van der Waals surface area contributed by atoms with Crippen LogP contribution in [0.3, 0.4) is 0 Å². The third kappa shape index (κ3) is 8.07. The van der Waals surface area contributed by atoms with Crippen LogP contribution in [0.5, 0.6) is 11.9 Å². The molecule has 0 radical (unpaired) electrons. The molecular formula is C39H36Cl4N8O4. The Morgan fingerprint density at radius 1 is 0.527 bits per heavy atom. The van der Waals surface area contributed by atoms with Gasteiger partial charge in [-0.2, -0.15) is 0 Å². The fraction of sp³-hybridized carbons (Fsp3) is 0.282. The number of anilines is 2. The smallest absolute Gasteiger partial charge is 0.254 e. The molecule has 0 atom stereocenters. The van der Waals surface area contributed by atoms with Gasteiger partial charge in [-0.3, -0.25) is 9.80 Å². The summed E-state index contributed by atoms with van der Waals surface area (Å²) < 4.78 is 13.4. The summed E-state index contributed by atoms with van der Waals surface area (Å²) in [5, 5.41) is 35.8. The summed E-state index contributed by atoms with van der Waals surface area (Å²) in [6.45, 7) is 6.72. The topological polar surface area (TPSA) is 119 Å². The van der Waals surface area contributed by atoms with Crippen molar-refractivity contribution < 1.29 is 28.6 Å². The first-order valence-corrected chi connectivity index (χ1v) is 19.4. The lowest BCUT2D eigenvalue weighted by Crippen LogP contribution is -2.48. The van der Waals surface area contributed by atoms with Gasteiger partial charge >= 0.3 is 0 Å². The summed E-state index contributed by atoms with van der Waals surface area (Å²) in [6, 6.07) is 27.1. The summed E-state index contributed by atoms with van der Waals surface area (Å²) >= 11 is 25.4. The summed E-state index contributed by atoms with van der Waals surface area (Å²) in [4.78, 5) is 8.82. The third-order valence-electron chi connectivity index (χ3n) is 10.2. The predicted octanol–water partition coefficient (Wildman–Crippen LogP) is 5.21. The first kappa shape index (κ1) is 37.4. The minimum atomic E-state index is -0.455. The fourth-order valence-corrected chi connectivity index (χ4v) is 7.97. The molecule has 0 bridgehead atoms. The molecule has 284 valence electrons. The van der Waals surface area contributed by atoms with Crippen LogP contribution in [-0.2, 0) is 19.5 Å². The number of nitrogens with zero attached hydrogens (tertiary/aromatic N) is 8. The van der Waals surface area contributed by atoms with Gasteiger partial charge in [0.1, 0.15) is 0 Å². The maximum absolute atomic E-state index is 12.7. The largest absolute Gasteiger partial charge is 0.539 e. The lowest BCUT2D eigenvalue weighted by Gasteiger charge is -2.35.